The van der Waals surface area contributed by atoms with Crippen LogP contribution in [-0.4, -0.2) is 31.1 Å². The number of rotatable bonds is 8. The second-order valence-corrected chi connectivity index (χ2v) is 10.2. The van der Waals surface area contributed by atoms with Gasteiger partial charge in [-0.2, -0.15) is 4.31 Å². The van der Waals surface area contributed by atoms with Crippen LogP contribution in [0.25, 0.3) is 0 Å². The molecule has 172 valence electrons. The highest BCUT2D eigenvalue weighted by molar-refractivity contribution is 7.89. The quantitative estimate of drug-likeness (QED) is 0.448. The highest BCUT2D eigenvalue weighted by atomic mass is 35.5. The predicted octanol–water partition coefficient (Wildman–Crippen LogP) is 4.58. The van der Waals surface area contributed by atoms with Crippen LogP contribution in [-0.2, 0) is 21.4 Å². The van der Waals surface area contributed by atoms with Crippen LogP contribution in [0.2, 0.25) is 15.1 Å². The van der Waals surface area contributed by atoms with Crippen molar-refractivity contribution in [2.75, 3.05) is 11.9 Å². The lowest BCUT2D eigenvalue weighted by atomic mass is 10.2. The second-order valence-electron chi connectivity index (χ2n) is 6.97. The SMILES string of the molecule is NC(=O)c1ccc(NC(=O)CN(Cc2ccc(Cl)c(Cl)c2)S(=O)(=O)c2ccc(Cl)cc2)cc1. The van der Waals surface area contributed by atoms with Gasteiger partial charge in [0.2, 0.25) is 21.8 Å². The molecule has 0 aromatic heterocycles. The molecule has 0 heterocycles. The first-order valence-corrected chi connectivity index (χ1v) is 12.0. The number of primary amides is 1. The fourth-order valence-corrected chi connectivity index (χ4v) is 4.73. The summed E-state index contributed by atoms with van der Waals surface area (Å²) < 4.78 is 27.6. The van der Waals surface area contributed by atoms with Crippen molar-refractivity contribution in [3.05, 3.63) is 92.9 Å². The van der Waals surface area contributed by atoms with E-state index in [9.17, 15) is 18.0 Å². The van der Waals surface area contributed by atoms with E-state index in [0.717, 1.165) is 4.31 Å². The highest BCUT2D eigenvalue weighted by Gasteiger charge is 2.27. The molecule has 11 heteroatoms. The zero-order valence-electron chi connectivity index (χ0n) is 17.0. The lowest BCUT2D eigenvalue weighted by Crippen LogP contribution is -2.37. The maximum atomic E-state index is 13.3. The van der Waals surface area contributed by atoms with Crippen molar-refractivity contribution in [2.45, 2.75) is 11.4 Å². The van der Waals surface area contributed by atoms with Crippen LogP contribution in [0.4, 0.5) is 5.69 Å². The van der Waals surface area contributed by atoms with Gasteiger partial charge in [-0.25, -0.2) is 8.42 Å². The van der Waals surface area contributed by atoms with E-state index >= 15 is 0 Å². The summed E-state index contributed by atoms with van der Waals surface area (Å²) >= 11 is 17.9. The maximum Gasteiger partial charge on any atom is 0.248 e. The minimum atomic E-state index is -4.07. The van der Waals surface area contributed by atoms with Gasteiger partial charge in [-0.05, 0) is 66.2 Å². The van der Waals surface area contributed by atoms with Gasteiger partial charge in [0.05, 0.1) is 21.5 Å². The zero-order valence-corrected chi connectivity index (χ0v) is 20.0. The van der Waals surface area contributed by atoms with E-state index in [-0.39, 0.29) is 22.0 Å². The van der Waals surface area contributed by atoms with Gasteiger partial charge >= 0.3 is 0 Å². The third kappa shape index (κ3) is 6.46. The molecule has 7 nitrogen and oxygen atoms in total. The number of hydrogen-bond donors (Lipinski definition) is 2. The molecular formula is C22H18Cl3N3O4S. The van der Waals surface area contributed by atoms with Crippen LogP contribution in [0.5, 0.6) is 0 Å². The summed E-state index contributed by atoms with van der Waals surface area (Å²) in [5.74, 6) is -1.19. The first-order valence-electron chi connectivity index (χ1n) is 9.45. The molecule has 0 radical (unpaired) electrons. The Hall–Kier alpha value is -2.62. The van der Waals surface area contributed by atoms with Crippen molar-refractivity contribution in [1.82, 2.24) is 4.31 Å². The van der Waals surface area contributed by atoms with Gasteiger partial charge in [0.15, 0.2) is 0 Å². The molecule has 0 saturated carbocycles. The fourth-order valence-electron chi connectivity index (χ4n) is 2.90. The van der Waals surface area contributed by atoms with Gasteiger partial charge < -0.3 is 11.1 Å². The number of carbonyl (C=O) groups is 2. The third-order valence-electron chi connectivity index (χ3n) is 4.57. The number of benzene rings is 3. The minimum absolute atomic E-state index is 0.0226. The number of carbonyl (C=O) groups excluding carboxylic acids is 2. The number of nitrogens with one attached hydrogen (secondary N) is 1. The number of nitrogens with two attached hydrogens (primary N) is 1. The molecule has 0 saturated heterocycles. The number of halogens is 3. The second kappa shape index (κ2) is 10.5. The Balaban J connectivity index is 1.86. The summed E-state index contributed by atoms with van der Waals surface area (Å²) in [5, 5.41) is 3.57. The molecule has 3 aromatic rings. The molecule has 3 N–H and O–H groups in total. The summed E-state index contributed by atoms with van der Waals surface area (Å²) in [6.45, 7) is -0.612. The highest BCUT2D eigenvalue weighted by Crippen LogP contribution is 2.25. The summed E-state index contributed by atoms with van der Waals surface area (Å²) in [4.78, 5) is 23.9. The largest absolute Gasteiger partial charge is 0.366 e. The van der Waals surface area contributed by atoms with E-state index in [1.54, 1.807) is 12.1 Å². The van der Waals surface area contributed by atoms with E-state index in [4.69, 9.17) is 40.5 Å². The van der Waals surface area contributed by atoms with E-state index in [1.807, 2.05) is 0 Å². The molecule has 0 fully saturated rings. The molecule has 0 aliphatic heterocycles. The lowest BCUT2D eigenvalue weighted by Gasteiger charge is -2.22. The molecule has 0 aliphatic rings. The molecule has 0 bridgehead atoms. The normalized spacial score (nSPS) is 11.4. The van der Waals surface area contributed by atoms with Gasteiger partial charge in [0.1, 0.15) is 0 Å². The van der Waals surface area contributed by atoms with Crippen molar-refractivity contribution in [1.29, 1.82) is 0 Å². The Labute approximate surface area is 206 Å². The Morgan fingerprint density at radius 2 is 1.52 bits per heavy atom. The van der Waals surface area contributed by atoms with Gasteiger partial charge in [0, 0.05) is 22.8 Å². The van der Waals surface area contributed by atoms with Gasteiger partial charge in [-0.3, -0.25) is 9.59 Å². The molecule has 0 aliphatic carbocycles. The minimum Gasteiger partial charge on any atom is -0.366 e. The molecule has 33 heavy (non-hydrogen) atoms. The standard InChI is InChI=1S/C22H18Cl3N3O4S/c23-16-4-8-18(9-5-16)33(31,32)28(12-14-1-10-19(24)20(25)11-14)13-21(29)27-17-6-2-15(3-7-17)22(26)30/h1-11H,12-13H2,(H2,26,30)(H,27,29). The van der Waals surface area contributed by atoms with Crippen molar-refractivity contribution in [2.24, 2.45) is 5.73 Å². The van der Waals surface area contributed by atoms with Crippen LogP contribution in [0.1, 0.15) is 15.9 Å². The number of hydrogen-bond acceptors (Lipinski definition) is 4. The average Bonchev–Trinajstić information content (AvgIpc) is 2.76. The fraction of sp³-hybridized carbons (Fsp3) is 0.0909. The summed E-state index contributed by atoms with van der Waals surface area (Å²) in [5.41, 5.74) is 6.41. The summed E-state index contributed by atoms with van der Waals surface area (Å²) in [6, 6.07) is 16.2. The van der Waals surface area contributed by atoms with Crippen molar-refractivity contribution >= 4 is 62.3 Å². The van der Waals surface area contributed by atoms with Gasteiger partial charge in [-0.1, -0.05) is 40.9 Å². The Bertz CT molecular complexity index is 1280. The first-order chi connectivity index (χ1) is 15.6. The van der Waals surface area contributed by atoms with E-state index in [1.165, 1.54) is 54.6 Å². The molecule has 0 atom stereocenters. The van der Waals surface area contributed by atoms with Gasteiger partial charge in [-0.15, -0.1) is 0 Å². The average molecular weight is 527 g/mol. The van der Waals surface area contributed by atoms with Crippen molar-refractivity contribution in [3.63, 3.8) is 0 Å². The van der Waals surface area contributed by atoms with E-state index < -0.39 is 28.4 Å². The third-order valence-corrected chi connectivity index (χ3v) is 7.36. The van der Waals surface area contributed by atoms with Crippen LogP contribution in [0.15, 0.2) is 71.6 Å². The molecule has 0 spiro atoms. The number of amides is 2. The van der Waals surface area contributed by atoms with Crippen LogP contribution < -0.4 is 11.1 Å². The summed E-state index contributed by atoms with van der Waals surface area (Å²) in [7, 11) is -4.07. The number of nitrogens with zero attached hydrogens (tertiary/aromatic N) is 1. The van der Waals surface area contributed by atoms with Crippen molar-refractivity contribution < 1.29 is 18.0 Å². The molecule has 3 rings (SSSR count). The van der Waals surface area contributed by atoms with Crippen LogP contribution in [0, 0.1) is 0 Å². The Morgan fingerprint density at radius 3 is 2.09 bits per heavy atom. The molecule has 2 amide bonds. The maximum absolute atomic E-state index is 13.3. The predicted molar refractivity (Wildman–Crippen MR) is 129 cm³/mol. The zero-order chi connectivity index (χ0) is 24.2. The van der Waals surface area contributed by atoms with E-state index in [0.29, 0.717) is 21.3 Å². The number of sulfonamides is 1. The van der Waals surface area contributed by atoms with Crippen LogP contribution >= 0.6 is 34.8 Å². The topological polar surface area (TPSA) is 110 Å². The Morgan fingerprint density at radius 1 is 0.879 bits per heavy atom. The van der Waals surface area contributed by atoms with E-state index in [2.05, 4.69) is 5.32 Å². The van der Waals surface area contributed by atoms with Crippen molar-refractivity contribution in [3.8, 4) is 0 Å². The van der Waals surface area contributed by atoms with Crippen LogP contribution in [0.3, 0.4) is 0 Å². The van der Waals surface area contributed by atoms with Gasteiger partial charge in [0.25, 0.3) is 0 Å². The lowest BCUT2D eigenvalue weighted by molar-refractivity contribution is -0.116. The molecular weight excluding hydrogens is 509 g/mol. The molecule has 3 aromatic carbocycles. The molecule has 0 unspecified atom stereocenters. The smallest absolute Gasteiger partial charge is 0.248 e. The Kier molecular flexibility index (Phi) is 7.99. The summed E-state index contributed by atoms with van der Waals surface area (Å²) in [6.07, 6.45) is 0. The number of anilines is 1. The monoisotopic (exact) mass is 525 g/mol. The first kappa shape index (κ1) is 25.0.